The number of hydrogen-bond acceptors (Lipinski definition) is 3. The van der Waals surface area contributed by atoms with E-state index >= 15 is 0 Å². The van der Waals surface area contributed by atoms with E-state index in [1.54, 1.807) is 11.3 Å². The van der Waals surface area contributed by atoms with Crippen molar-refractivity contribution in [2.24, 2.45) is 5.41 Å². The summed E-state index contributed by atoms with van der Waals surface area (Å²) in [5.74, 6) is -0.178. The standard InChI is InChI=1S/C17H20N2OS/c1-3-8-17(12-18,9-4-2)16(20)19-14-5-6-15-13(11-14)7-10-21-15/h5-7,10-11H,3-4,8-9H2,1-2H3,(H,19,20). The second-order valence-electron chi connectivity index (χ2n) is 5.32. The molecular weight excluding hydrogens is 280 g/mol. The van der Waals surface area contributed by atoms with Crippen LogP contribution in [-0.2, 0) is 4.79 Å². The lowest BCUT2D eigenvalue weighted by Crippen LogP contribution is -2.35. The molecule has 1 N–H and O–H groups in total. The second-order valence-corrected chi connectivity index (χ2v) is 6.27. The Hall–Kier alpha value is -1.86. The fourth-order valence-corrected chi connectivity index (χ4v) is 3.43. The molecule has 3 nitrogen and oxygen atoms in total. The molecule has 0 saturated carbocycles. The molecule has 0 bridgehead atoms. The number of rotatable bonds is 6. The van der Waals surface area contributed by atoms with Gasteiger partial charge in [-0.3, -0.25) is 4.79 Å². The minimum atomic E-state index is -0.910. The maximum atomic E-state index is 12.6. The van der Waals surface area contributed by atoms with Crippen LogP contribution in [0.1, 0.15) is 39.5 Å². The molecule has 2 aromatic rings. The van der Waals surface area contributed by atoms with Crippen molar-refractivity contribution in [3.8, 4) is 6.07 Å². The van der Waals surface area contributed by atoms with Gasteiger partial charge in [-0.1, -0.05) is 26.7 Å². The summed E-state index contributed by atoms with van der Waals surface area (Å²) < 4.78 is 1.20. The molecule has 1 heterocycles. The molecule has 110 valence electrons. The topological polar surface area (TPSA) is 52.9 Å². The maximum absolute atomic E-state index is 12.6. The third-order valence-corrected chi connectivity index (χ3v) is 4.61. The number of nitriles is 1. The van der Waals surface area contributed by atoms with Gasteiger partial charge in [0.1, 0.15) is 5.41 Å². The fourth-order valence-electron chi connectivity index (χ4n) is 2.66. The van der Waals surface area contributed by atoms with Crippen LogP contribution in [0.2, 0.25) is 0 Å². The number of nitrogens with zero attached hydrogens (tertiary/aromatic N) is 1. The number of nitrogens with one attached hydrogen (secondary N) is 1. The molecule has 2 rings (SSSR count). The molecule has 0 spiro atoms. The fraction of sp³-hybridized carbons (Fsp3) is 0.412. The molecule has 0 aliphatic carbocycles. The number of amides is 1. The minimum Gasteiger partial charge on any atom is -0.325 e. The van der Waals surface area contributed by atoms with Gasteiger partial charge in [-0.15, -0.1) is 11.3 Å². The van der Waals surface area contributed by atoms with Gasteiger partial charge in [-0.2, -0.15) is 5.26 Å². The molecule has 0 atom stereocenters. The van der Waals surface area contributed by atoms with Crippen LogP contribution in [-0.4, -0.2) is 5.91 Å². The Morgan fingerprint density at radius 1 is 1.29 bits per heavy atom. The number of hydrogen-bond donors (Lipinski definition) is 1. The van der Waals surface area contributed by atoms with Gasteiger partial charge in [0.2, 0.25) is 5.91 Å². The van der Waals surface area contributed by atoms with Gasteiger partial charge in [0.25, 0.3) is 0 Å². The summed E-state index contributed by atoms with van der Waals surface area (Å²) in [5.41, 5.74) is -0.148. The molecule has 0 fully saturated rings. The summed E-state index contributed by atoms with van der Waals surface area (Å²) >= 11 is 1.68. The molecule has 0 radical (unpaired) electrons. The molecule has 0 aliphatic rings. The average Bonchev–Trinajstić information content (AvgIpc) is 2.94. The third kappa shape index (κ3) is 3.25. The smallest absolute Gasteiger partial charge is 0.244 e. The Kier molecular flexibility index (Phi) is 4.98. The zero-order valence-corrected chi connectivity index (χ0v) is 13.3. The number of anilines is 1. The third-order valence-electron chi connectivity index (χ3n) is 3.71. The van der Waals surface area contributed by atoms with Crippen molar-refractivity contribution in [2.45, 2.75) is 39.5 Å². The van der Waals surface area contributed by atoms with Crippen LogP contribution in [0.4, 0.5) is 5.69 Å². The van der Waals surface area contributed by atoms with Crippen LogP contribution in [0.5, 0.6) is 0 Å². The van der Waals surface area contributed by atoms with Crippen molar-refractivity contribution in [1.82, 2.24) is 0 Å². The van der Waals surface area contributed by atoms with Crippen LogP contribution in [0, 0.1) is 16.7 Å². The lowest BCUT2D eigenvalue weighted by atomic mass is 9.79. The van der Waals surface area contributed by atoms with Gasteiger partial charge in [-0.25, -0.2) is 0 Å². The molecular formula is C17H20N2OS. The van der Waals surface area contributed by atoms with Crippen molar-refractivity contribution in [3.63, 3.8) is 0 Å². The van der Waals surface area contributed by atoms with Crippen LogP contribution in [0.25, 0.3) is 10.1 Å². The van der Waals surface area contributed by atoms with Gasteiger partial charge >= 0.3 is 0 Å². The van der Waals surface area contributed by atoms with E-state index < -0.39 is 5.41 Å². The van der Waals surface area contributed by atoms with E-state index in [2.05, 4.69) is 11.4 Å². The quantitative estimate of drug-likeness (QED) is 0.820. The number of carbonyl (C=O) groups is 1. The summed E-state index contributed by atoms with van der Waals surface area (Å²) in [5, 5.41) is 15.6. The lowest BCUT2D eigenvalue weighted by molar-refractivity contribution is -0.123. The molecule has 1 aromatic carbocycles. The first-order valence-corrected chi connectivity index (χ1v) is 8.23. The van der Waals surface area contributed by atoms with Crippen molar-refractivity contribution in [2.75, 3.05) is 5.32 Å². The second kappa shape index (κ2) is 6.73. The summed E-state index contributed by atoms with van der Waals surface area (Å²) in [6.07, 6.45) is 2.85. The predicted octanol–water partition coefficient (Wildman–Crippen LogP) is 4.95. The van der Waals surface area contributed by atoms with Gasteiger partial charge in [0, 0.05) is 10.4 Å². The molecule has 1 amide bonds. The Bertz CT molecular complexity index is 663. The number of benzene rings is 1. The summed E-state index contributed by atoms with van der Waals surface area (Å²) in [6.45, 7) is 4.01. The lowest BCUT2D eigenvalue weighted by Gasteiger charge is -2.24. The monoisotopic (exact) mass is 300 g/mol. The highest BCUT2D eigenvalue weighted by Gasteiger charge is 2.36. The highest BCUT2D eigenvalue weighted by Crippen LogP contribution is 2.31. The van der Waals surface area contributed by atoms with Crippen molar-refractivity contribution < 1.29 is 4.79 Å². The van der Waals surface area contributed by atoms with Crippen LogP contribution < -0.4 is 5.32 Å². The van der Waals surface area contributed by atoms with E-state index in [0.29, 0.717) is 12.8 Å². The first-order chi connectivity index (χ1) is 10.1. The highest BCUT2D eigenvalue weighted by atomic mass is 32.1. The van der Waals surface area contributed by atoms with Gasteiger partial charge in [0.15, 0.2) is 0 Å². The van der Waals surface area contributed by atoms with Crippen molar-refractivity contribution in [3.05, 3.63) is 29.6 Å². The Morgan fingerprint density at radius 3 is 2.62 bits per heavy atom. The number of thiophene rings is 1. The van der Waals surface area contributed by atoms with Crippen molar-refractivity contribution >= 4 is 33.0 Å². The zero-order chi connectivity index (χ0) is 15.3. The summed E-state index contributed by atoms with van der Waals surface area (Å²) in [7, 11) is 0. The van der Waals surface area contributed by atoms with E-state index in [1.807, 2.05) is 43.5 Å². The molecule has 0 aliphatic heterocycles. The molecule has 0 unspecified atom stereocenters. The Morgan fingerprint density at radius 2 is 2.00 bits per heavy atom. The largest absolute Gasteiger partial charge is 0.325 e. The summed E-state index contributed by atoms with van der Waals surface area (Å²) in [6, 6.07) is 10.2. The van der Waals surface area contributed by atoms with Crippen molar-refractivity contribution in [1.29, 1.82) is 5.26 Å². The van der Waals surface area contributed by atoms with E-state index in [0.717, 1.165) is 23.9 Å². The van der Waals surface area contributed by atoms with E-state index in [9.17, 15) is 10.1 Å². The first-order valence-electron chi connectivity index (χ1n) is 7.35. The maximum Gasteiger partial charge on any atom is 0.244 e. The SMILES string of the molecule is CCCC(C#N)(CCC)C(=O)Nc1ccc2sccc2c1. The highest BCUT2D eigenvalue weighted by molar-refractivity contribution is 7.17. The summed E-state index contributed by atoms with van der Waals surface area (Å²) in [4.78, 5) is 12.6. The average molecular weight is 300 g/mol. The molecule has 21 heavy (non-hydrogen) atoms. The van der Waals surface area contributed by atoms with E-state index in [1.165, 1.54) is 4.70 Å². The molecule has 0 saturated heterocycles. The normalized spacial score (nSPS) is 11.3. The predicted molar refractivity (Wildman–Crippen MR) is 88.3 cm³/mol. The Labute approximate surface area is 129 Å². The van der Waals surface area contributed by atoms with Crippen LogP contribution >= 0.6 is 11.3 Å². The molecule has 4 heteroatoms. The van der Waals surface area contributed by atoms with E-state index in [4.69, 9.17) is 0 Å². The number of carbonyl (C=O) groups excluding carboxylic acids is 1. The zero-order valence-electron chi connectivity index (χ0n) is 12.5. The Balaban J connectivity index is 2.23. The van der Waals surface area contributed by atoms with Crippen LogP contribution in [0.3, 0.4) is 0 Å². The number of fused-ring (bicyclic) bond motifs is 1. The minimum absolute atomic E-state index is 0.178. The van der Waals surface area contributed by atoms with E-state index in [-0.39, 0.29) is 5.91 Å². The first kappa shape index (κ1) is 15.5. The van der Waals surface area contributed by atoms with Crippen LogP contribution in [0.15, 0.2) is 29.6 Å². The van der Waals surface area contributed by atoms with Gasteiger partial charge in [-0.05, 0) is 47.9 Å². The van der Waals surface area contributed by atoms with Gasteiger partial charge in [0.05, 0.1) is 6.07 Å². The molecule has 1 aromatic heterocycles. The van der Waals surface area contributed by atoms with Gasteiger partial charge < -0.3 is 5.32 Å².